The molecule has 1 amide bonds. The van der Waals surface area contributed by atoms with Crippen LogP contribution in [-0.2, 0) is 14.9 Å². The molecule has 3 N–H and O–H groups in total. The molecule has 2 rings (SSSR count). The van der Waals surface area contributed by atoms with E-state index in [0.717, 1.165) is 28.9 Å². The Bertz CT molecular complexity index is 1000. The average molecular weight is 371 g/mol. The molecule has 0 heterocycles. The number of nitrogens with zero attached hydrogens (tertiary/aromatic N) is 1. The van der Waals surface area contributed by atoms with Crippen LogP contribution in [0.25, 0.3) is 0 Å². The number of nitrogens with one attached hydrogen (secondary N) is 2. The molecule has 0 aliphatic heterocycles. The van der Waals surface area contributed by atoms with Gasteiger partial charge in [0.1, 0.15) is 11.6 Å². The summed E-state index contributed by atoms with van der Waals surface area (Å²) in [5.41, 5.74) is 3.08. The van der Waals surface area contributed by atoms with Crippen LogP contribution >= 0.6 is 0 Å². The minimum atomic E-state index is -4.30. The van der Waals surface area contributed by atoms with E-state index in [2.05, 4.69) is 10.6 Å². The number of rotatable bonds is 5. The predicted octanol–water partition coefficient (Wildman–Crippen LogP) is 3.01. The van der Waals surface area contributed by atoms with Crippen LogP contribution in [0.3, 0.4) is 0 Å². The Balaban J connectivity index is 2.10. The lowest BCUT2D eigenvalue weighted by Crippen LogP contribution is -2.14. The van der Waals surface area contributed by atoms with E-state index >= 15 is 0 Å². The molecular formula is C18H17N3O4S. The quantitative estimate of drug-likeness (QED) is 0.422. The highest BCUT2D eigenvalue weighted by atomic mass is 32.2. The van der Waals surface area contributed by atoms with Gasteiger partial charge in [-0.25, -0.2) is 0 Å². The summed E-state index contributed by atoms with van der Waals surface area (Å²) in [4.78, 5) is 11.9. The molecule has 0 saturated heterocycles. The van der Waals surface area contributed by atoms with Gasteiger partial charge >= 0.3 is 0 Å². The average Bonchev–Trinajstić information content (AvgIpc) is 2.58. The summed E-state index contributed by atoms with van der Waals surface area (Å²) in [5.74, 6) is -0.650. The molecule has 0 spiro atoms. The molecule has 134 valence electrons. The molecule has 0 fully saturated rings. The van der Waals surface area contributed by atoms with E-state index in [4.69, 9.17) is 4.55 Å². The number of carbonyl (C=O) groups is 1. The van der Waals surface area contributed by atoms with Gasteiger partial charge in [-0.3, -0.25) is 9.35 Å². The molecule has 26 heavy (non-hydrogen) atoms. The summed E-state index contributed by atoms with van der Waals surface area (Å²) in [7, 11) is -4.30. The predicted molar refractivity (Wildman–Crippen MR) is 98.1 cm³/mol. The highest BCUT2D eigenvalue weighted by molar-refractivity contribution is 7.85. The van der Waals surface area contributed by atoms with Crippen LogP contribution in [0.5, 0.6) is 0 Å². The van der Waals surface area contributed by atoms with E-state index in [-0.39, 0.29) is 16.2 Å². The van der Waals surface area contributed by atoms with E-state index < -0.39 is 16.0 Å². The summed E-state index contributed by atoms with van der Waals surface area (Å²) in [6, 6.07) is 12.4. The Hall–Kier alpha value is -3.15. The first-order chi connectivity index (χ1) is 12.2. The number of hydrogen-bond acceptors (Lipinski definition) is 5. The highest BCUT2D eigenvalue weighted by Gasteiger charge is 2.12. The molecule has 0 unspecified atom stereocenters. The molecule has 7 nitrogen and oxygen atoms in total. The standard InChI is InChI=1S/C18H17N3O4S/c1-12-3-4-16(9-13(12)2)20-11-14(10-19)18(22)21-15-5-7-17(8-6-15)26(23,24)25/h3-9,11,20H,1-2H3,(H,21,22)(H,23,24,25)/b14-11-. The molecule has 0 atom stereocenters. The maximum atomic E-state index is 12.2. The third-order valence-electron chi connectivity index (χ3n) is 3.67. The van der Waals surface area contributed by atoms with Crippen LogP contribution in [0.1, 0.15) is 11.1 Å². The first-order valence-corrected chi connectivity index (χ1v) is 8.97. The van der Waals surface area contributed by atoms with Gasteiger partial charge in [0.25, 0.3) is 16.0 Å². The molecule has 0 aromatic heterocycles. The van der Waals surface area contributed by atoms with Crippen molar-refractivity contribution in [3.05, 3.63) is 65.4 Å². The Morgan fingerprint density at radius 3 is 2.23 bits per heavy atom. The zero-order valence-electron chi connectivity index (χ0n) is 14.1. The lowest BCUT2D eigenvalue weighted by Gasteiger charge is -2.07. The summed E-state index contributed by atoms with van der Waals surface area (Å²) in [6.07, 6.45) is 1.30. The van der Waals surface area contributed by atoms with Gasteiger partial charge in [0.05, 0.1) is 4.90 Å². The Morgan fingerprint density at radius 1 is 1.08 bits per heavy atom. The fraction of sp³-hybridized carbons (Fsp3) is 0.111. The maximum Gasteiger partial charge on any atom is 0.294 e. The van der Waals surface area contributed by atoms with Crippen molar-refractivity contribution in [2.45, 2.75) is 18.7 Å². The molecule has 8 heteroatoms. The van der Waals surface area contributed by atoms with Crippen molar-refractivity contribution in [2.75, 3.05) is 10.6 Å². The van der Waals surface area contributed by atoms with Crippen molar-refractivity contribution >= 4 is 27.4 Å². The smallest absolute Gasteiger partial charge is 0.294 e. The van der Waals surface area contributed by atoms with Crippen LogP contribution in [0.2, 0.25) is 0 Å². The van der Waals surface area contributed by atoms with Crippen molar-refractivity contribution in [3.8, 4) is 6.07 Å². The molecule has 2 aromatic rings. The van der Waals surface area contributed by atoms with Crippen LogP contribution in [0.15, 0.2) is 59.1 Å². The van der Waals surface area contributed by atoms with Crippen molar-refractivity contribution in [1.29, 1.82) is 5.26 Å². The van der Waals surface area contributed by atoms with Crippen LogP contribution in [0.4, 0.5) is 11.4 Å². The number of amides is 1. The molecular weight excluding hydrogens is 354 g/mol. The van der Waals surface area contributed by atoms with E-state index in [1.165, 1.54) is 18.3 Å². The number of anilines is 2. The number of aryl methyl sites for hydroxylation is 2. The molecule has 2 aromatic carbocycles. The maximum absolute atomic E-state index is 12.2. The molecule has 0 saturated carbocycles. The van der Waals surface area contributed by atoms with Gasteiger partial charge in [0, 0.05) is 17.6 Å². The fourth-order valence-corrected chi connectivity index (χ4v) is 2.52. The Labute approximate surface area is 151 Å². The Kier molecular flexibility index (Phi) is 5.77. The molecule has 0 aliphatic carbocycles. The van der Waals surface area contributed by atoms with Crippen LogP contribution in [0, 0.1) is 25.2 Å². The van der Waals surface area contributed by atoms with Gasteiger partial charge in [0.15, 0.2) is 0 Å². The minimum Gasteiger partial charge on any atom is -0.360 e. The van der Waals surface area contributed by atoms with E-state index in [1.54, 1.807) is 6.07 Å². The minimum absolute atomic E-state index is 0.151. The van der Waals surface area contributed by atoms with Crippen LogP contribution in [-0.4, -0.2) is 18.9 Å². The van der Waals surface area contributed by atoms with Crippen molar-refractivity contribution < 1.29 is 17.8 Å². The number of carbonyl (C=O) groups excluding carboxylic acids is 1. The first-order valence-electron chi connectivity index (χ1n) is 7.53. The molecule has 0 bridgehead atoms. The molecule has 0 aliphatic rings. The third-order valence-corrected chi connectivity index (χ3v) is 4.53. The summed E-state index contributed by atoms with van der Waals surface area (Å²) in [6.45, 7) is 3.94. The lowest BCUT2D eigenvalue weighted by molar-refractivity contribution is -0.112. The second-order valence-corrected chi connectivity index (χ2v) is 6.99. The first kappa shape index (κ1) is 19.2. The van der Waals surface area contributed by atoms with Crippen molar-refractivity contribution in [3.63, 3.8) is 0 Å². The number of nitriles is 1. The summed E-state index contributed by atoms with van der Waals surface area (Å²) < 4.78 is 30.9. The summed E-state index contributed by atoms with van der Waals surface area (Å²) >= 11 is 0. The zero-order chi connectivity index (χ0) is 19.3. The Morgan fingerprint density at radius 2 is 1.69 bits per heavy atom. The second kappa shape index (κ2) is 7.82. The van der Waals surface area contributed by atoms with Crippen molar-refractivity contribution in [1.82, 2.24) is 0 Å². The second-order valence-electron chi connectivity index (χ2n) is 5.57. The monoisotopic (exact) mass is 371 g/mol. The van der Waals surface area contributed by atoms with Gasteiger partial charge in [0.2, 0.25) is 0 Å². The topological polar surface area (TPSA) is 119 Å². The SMILES string of the molecule is Cc1ccc(N/C=C(/C#N)C(=O)Nc2ccc(S(=O)(=O)O)cc2)cc1C. The van der Waals surface area contributed by atoms with E-state index in [0.29, 0.717) is 0 Å². The largest absolute Gasteiger partial charge is 0.360 e. The van der Waals surface area contributed by atoms with Gasteiger partial charge < -0.3 is 10.6 Å². The highest BCUT2D eigenvalue weighted by Crippen LogP contribution is 2.16. The number of hydrogen-bond donors (Lipinski definition) is 3. The van der Waals surface area contributed by atoms with Crippen LogP contribution < -0.4 is 10.6 Å². The summed E-state index contributed by atoms with van der Waals surface area (Å²) in [5, 5.41) is 14.6. The lowest BCUT2D eigenvalue weighted by atomic mass is 10.1. The van der Waals surface area contributed by atoms with Gasteiger partial charge in [-0.15, -0.1) is 0 Å². The zero-order valence-corrected chi connectivity index (χ0v) is 15.0. The normalized spacial score (nSPS) is 11.5. The van der Waals surface area contributed by atoms with Gasteiger partial charge in [-0.1, -0.05) is 6.07 Å². The molecule has 0 radical (unpaired) electrons. The fourth-order valence-electron chi connectivity index (χ4n) is 2.04. The van der Waals surface area contributed by atoms with Crippen molar-refractivity contribution in [2.24, 2.45) is 0 Å². The van der Waals surface area contributed by atoms with Gasteiger partial charge in [-0.2, -0.15) is 13.7 Å². The van der Waals surface area contributed by atoms with E-state index in [1.807, 2.05) is 32.0 Å². The van der Waals surface area contributed by atoms with Gasteiger partial charge in [-0.05, 0) is 61.4 Å². The third kappa shape index (κ3) is 4.92. The van der Waals surface area contributed by atoms with E-state index in [9.17, 15) is 18.5 Å². The number of benzene rings is 2.